The molecule has 17 heteroatoms. The molecule has 0 radical (unpaired) electrons. The lowest BCUT2D eigenvalue weighted by Crippen LogP contribution is -2.74. The lowest BCUT2D eigenvalue weighted by Gasteiger charge is -2.52. The number of carbonyl (C=O) groups excluding carboxylic acids is 6. The Kier molecular flexibility index (Phi) is 12.6. The van der Waals surface area contributed by atoms with E-state index in [1.807, 2.05) is 0 Å². The van der Waals surface area contributed by atoms with Crippen molar-refractivity contribution >= 4 is 35.5 Å². The molecule has 0 aliphatic carbocycles. The number of amides is 2. The highest BCUT2D eigenvalue weighted by Gasteiger charge is 2.64. The topological polar surface area (TPSA) is 231 Å². The van der Waals surface area contributed by atoms with Crippen LogP contribution in [0.15, 0.2) is 84.9 Å². The molecule has 10 atom stereocenters. The van der Waals surface area contributed by atoms with Gasteiger partial charge in [0, 0.05) is 26.3 Å². The molecule has 17 nitrogen and oxygen atoms in total. The molecule has 2 fully saturated rings. The zero-order valence-corrected chi connectivity index (χ0v) is 31.0. The van der Waals surface area contributed by atoms with Crippen LogP contribution >= 0.6 is 0 Å². The van der Waals surface area contributed by atoms with E-state index in [4.69, 9.17) is 33.2 Å². The first-order chi connectivity index (χ1) is 27.3. The Morgan fingerprint density at radius 1 is 0.754 bits per heavy atom. The number of aliphatic hydroxyl groups excluding tert-OH is 2. The third-order valence-corrected chi connectivity index (χ3v) is 9.68. The zero-order chi connectivity index (χ0) is 41.0. The predicted molar refractivity (Wildman–Crippen MR) is 191 cm³/mol. The molecule has 6 rings (SSSR count). The van der Waals surface area contributed by atoms with Gasteiger partial charge < -0.3 is 48.5 Å². The SMILES string of the molecule is CC(=O)OC[C@H]1O[C@@H](O[C@H]2[C@@H](O)[C@@H](CO)O[C@@H](OCc3ccccc3)[C@@]2(O)C(=O)c2ccccc2)[C@H](N2C(=O)c3ccccc3C2=O)[C@@H](OC(C)=O)[C@@H]1OC(C)=O. The summed E-state index contributed by atoms with van der Waals surface area (Å²) < 4.78 is 41.0. The number of aliphatic hydroxyl groups is 3. The van der Waals surface area contributed by atoms with E-state index in [1.165, 1.54) is 48.5 Å². The van der Waals surface area contributed by atoms with Gasteiger partial charge in [0.15, 0.2) is 24.8 Å². The van der Waals surface area contributed by atoms with Gasteiger partial charge in [-0.1, -0.05) is 72.8 Å². The summed E-state index contributed by atoms with van der Waals surface area (Å²) >= 11 is 0. The summed E-state index contributed by atoms with van der Waals surface area (Å²) in [5, 5.41) is 34.9. The number of benzene rings is 3. The monoisotopic (exact) mass is 791 g/mol. The summed E-state index contributed by atoms with van der Waals surface area (Å²) in [7, 11) is 0. The largest absolute Gasteiger partial charge is 0.463 e. The summed E-state index contributed by atoms with van der Waals surface area (Å²) in [5.74, 6) is -5.56. The number of hydrogen-bond donors (Lipinski definition) is 3. The minimum Gasteiger partial charge on any atom is -0.463 e. The first kappa shape index (κ1) is 41.2. The van der Waals surface area contributed by atoms with Crippen LogP contribution in [0.25, 0.3) is 0 Å². The van der Waals surface area contributed by atoms with Crippen molar-refractivity contribution in [2.24, 2.45) is 0 Å². The summed E-state index contributed by atoms with van der Waals surface area (Å²) in [6.45, 7) is 1.35. The lowest BCUT2D eigenvalue weighted by atomic mass is 9.80. The molecule has 57 heavy (non-hydrogen) atoms. The first-order valence-corrected chi connectivity index (χ1v) is 17.9. The van der Waals surface area contributed by atoms with Crippen molar-refractivity contribution in [3.05, 3.63) is 107 Å². The van der Waals surface area contributed by atoms with Crippen LogP contribution < -0.4 is 0 Å². The molecule has 0 bridgehead atoms. The van der Waals surface area contributed by atoms with Gasteiger partial charge in [0.2, 0.25) is 11.4 Å². The molecule has 0 spiro atoms. The van der Waals surface area contributed by atoms with E-state index in [2.05, 4.69) is 0 Å². The minimum atomic E-state index is -2.98. The van der Waals surface area contributed by atoms with Gasteiger partial charge in [-0.3, -0.25) is 33.7 Å². The fourth-order valence-electron chi connectivity index (χ4n) is 7.13. The standard InChI is InChI=1S/C40H41NO16/c1-21(43)51-20-29-32(53-22(2)44)33(54-23(3)45)30(41-36(48)26-16-10-11-17-27(26)37(41)49)38(55-29)57-35-31(46)28(18-42)56-39(52-19-24-12-6-4-7-13-24)40(35,50)34(47)25-14-8-5-9-15-25/h4-17,28-33,35,38-39,42,46,50H,18-20H2,1-3H3/t28-,29-,30-,31+,32-,33-,35+,38+,39-,40-/m1/s1. The van der Waals surface area contributed by atoms with E-state index in [0.29, 0.717) is 10.5 Å². The number of ether oxygens (including phenoxy) is 7. The van der Waals surface area contributed by atoms with Crippen LogP contribution in [0.4, 0.5) is 0 Å². The average molecular weight is 792 g/mol. The number of nitrogens with zero attached hydrogens (tertiary/aromatic N) is 1. The van der Waals surface area contributed by atoms with Gasteiger partial charge in [-0.05, 0) is 17.7 Å². The van der Waals surface area contributed by atoms with Crippen molar-refractivity contribution in [2.45, 2.75) is 88.2 Å². The first-order valence-electron chi connectivity index (χ1n) is 17.9. The van der Waals surface area contributed by atoms with E-state index in [1.54, 1.807) is 36.4 Å². The van der Waals surface area contributed by atoms with Crippen LogP contribution in [0.2, 0.25) is 0 Å². The molecule has 3 aliphatic heterocycles. The molecule has 3 N–H and O–H groups in total. The van der Waals surface area contributed by atoms with E-state index >= 15 is 0 Å². The maximum absolute atomic E-state index is 14.5. The lowest BCUT2D eigenvalue weighted by molar-refractivity contribution is -0.368. The van der Waals surface area contributed by atoms with Gasteiger partial charge in [-0.15, -0.1) is 0 Å². The van der Waals surface area contributed by atoms with Crippen LogP contribution in [-0.2, 0) is 54.1 Å². The van der Waals surface area contributed by atoms with Crippen LogP contribution in [0.1, 0.15) is 57.4 Å². The predicted octanol–water partition coefficient (Wildman–Crippen LogP) is 1.10. The number of imide groups is 1. The van der Waals surface area contributed by atoms with E-state index in [9.17, 15) is 44.1 Å². The van der Waals surface area contributed by atoms with Gasteiger partial charge in [0.1, 0.15) is 37.1 Å². The zero-order valence-electron chi connectivity index (χ0n) is 31.0. The van der Waals surface area contributed by atoms with Crippen molar-refractivity contribution < 1.29 is 77.2 Å². The van der Waals surface area contributed by atoms with Gasteiger partial charge in [0.25, 0.3) is 11.8 Å². The van der Waals surface area contributed by atoms with Crippen LogP contribution in [0, 0.1) is 0 Å². The summed E-state index contributed by atoms with van der Waals surface area (Å²) in [4.78, 5) is 80.7. The number of Topliss-reactive ketones (excluding diaryl/α,β-unsaturated/α-hetero) is 1. The Labute approximate surface area is 325 Å². The Morgan fingerprint density at radius 2 is 1.32 bits per heavy atom. The van der Waals surface area contributed by atoms with Crippen molar-refractivity contribution in [1.82, 2.24) is 4.90 Å². The van der Waals surface area contributed by atoms with Crippen LogP contribution in [0.3, 0.4) is 0 Å². The van der Waals surface area contributed by atoms with Crippen molar-refractivity contribution in [3.63, 3.8) is 0 Å². The molecule has 0 unspecified atom stereocenters. The summed E-state index contributed by atoms with van der Waals surface area (Å²) in [6.07, 6.45) is -14.8. The van der Waals surface area contributed by atoms with Gasteiger partial charge in [-0.2, -0.15) is 0 Å². The molecular weight excluding hydrogens is 750 g/mol. The Balaban J connectivity index is 1.51. The van der Waals surface area contributed by atoms with E-state index < -0.39 is 110 Å². The fourth-order valence-corrected chi connectivity index (χ4v) is 7.13. The van der Waals surface area contributed by atoms with Crippen molar-refractivity contribution in [1.29, 1.82) is 0 Å². The molecule has 0 saturated carbocycles. The number of carbonyl (C=O) groups is 6. The maximum atomic E-state index is 14.5. The second-order valence-corrected chi connectivity index (χ2v) is 13.6. The quantitative estimate of drug-likeness (QED) is 0.0952. The third kappa shape index (κ3) is 8.36. The fraction of sp³-hybridized carbons (Fsp3) is 0.400. The van der Waals surface area contributed by atoms with E-state index in [-0.39, 0.29) is 23.3 Å². The molecule has 2 saturated heterocycles. The molecule has 0 aromatic heterocycles. The molecule has 3 aliphatic rings. The van der Waals surface area contributed by atoms with Crippen LogP contribution in [0.5, 0.6) is 0 Å². The van der Waals surface area contributed by atoms with Crippen molar-refractivity contribution in [2.75, 3.05) is 13.2 Å². The molecule has 3 aromatic rings. The maximum Gasteiger partial charge on any atom is 0.303 e. The molecule has 3 heterocycles. The Morgan fingerprint density at radius 3 is 1.88 bits per heavy atom. The van der Waals surface area contributed by atoms with E-state index in [0.717, 1.165) is 20.8 Å². The number of fused-ring (bicyclic) bond motifs is 1. The molecular formula is C40H41NO16. The van der Waals surface area contributed by atoms with Crippen LogP contribution in [-0.4, -0.2) is 130 Å². The molecule has 3 aromatic carbocycles. The van der Waals surface area contributed by atoms with Gasteiger partial charge in [0.05, 0.1) is 24.3 Å². The summed E-state index contributed by atoms with van der Waals surface area (Å²) in [6, 6.07) is 19.9. The number of ketones is 1. The second kappa shape index (κ2) is 17.4. The number of rotatable bonds is 13. The second-order valence-electron chi connectivity index (χ2n) is 13.6. The highest BCUT2D eigenvalue weighted by molar-refractivity contribution is 6.21. The summed E-state index contributed by atoms with van der Waals surface area (Å²) in [5.41, 5.74) is -2.57. The highest BCUT2D eigenvalue weighted by Crippen LogP contribution is 2.41. The smallest absolute Gasteiger partial charge is 0.303 e. The molecule has 302 valence electrons. The minimum absolute atomic E-state index is 0.0505. The number of hydrogen-bond acceptors (Lipinski definition) is 16. The Hall–Kier alpha value is -5.40. The average Bonchev–Trinajstić information content (AvgIpc) is 3.44. The normalized spacial score (nSPS) is 29.6. The van der Waals surface area contributed by atoms with Crippen molar-refractivity contribution in [3.8, 4) is 0 Å². The third-order valence-electron chi connectivity index (χ3n) is 9.68. The Bertz CT molecular complexity index is 1940. The highest BCUT2D eigenvalue weighted by atomic mass is 16.7. The van der Waals surface area contributed by atoms with Gasteiger partial charge in [-0.25, -0.2) is 0 Å². The molecule has 2 amide bonds. The number of esters is 3. The van der Waals surface area contributed by atoms with Gasteiger partial charge >= 0.3 is 17.9 Å².